The maximum atomic E-state index is 13.0. The molecule has 1 saturated heterocycles. The third-order valence-corrected chi connectivity index (χ3v) is 5.30. The van der Waals surface area contributed by atoms with Crippen molar-refractivity contribution in [3.05, 3.63) is 51.4 Å². The normalized spacial score (nSPS) is 15.3. The number of hydrogen-bond acceptors (Lipinski definition) is 4. The number of piperazine rings is 1. The Morgan fingerprint density at radius 1 is 1.14 bits per heavy atom. The van der Waals surface area contributed by atoms with E-state index in [1.807, 2.05) is 16.7 Å². The number of anilines is 2. The van der Waals surface area contributed by atoms with E-state index in [2.05, 4.69) is 23.8 Å². The quantitative estimate of drug-likeness (QED) is 0.812. The molecule has 0 bridgehead atoms. The number of benzene rings is 1. The fourth-order valence-electron chi connectivity index (χ4n) is 3.53. The lowest BCUT2D eigenvalue weighted by atomic mass is 10.0. The molecular weight excluding hydrogens is 381 g/mol. The Morgan fingerprint density at radius 3 is 2.38 bits per heavy atom. The molecule has 0 radical (unpaired) electrons. The van der Waals surface area contributed by atoms with Gasteiger partial charge in [0.25, 0.3) is 5.56 Å². The number of nitrogens with one attached hydrogen (secondary N) is 1. The number of aryl methyl sites for hydroxylation is 1. The summed E-state index contributed by atoms with van der Waals surface area (Å²) >= 11 is 0. The van der Waals surface area contributed by atoms with Crippen molar-refractivity contribution < 1.29 is 13.2 Å². The van der Waals surface area contributed by atoms with Crippen LogP contribution in [0.15, 0.2) is 29.1 Å². The van der Waals surface area contributed by atoms with Crippen molar-refractivity contribution in [2.24, 2.45) is 5.92 Å². The summed E-state index contributed by atoms with van der Waals surface area (Å²) in [5, 5.41) is 0. The van der Waals surface area contributed by atoms with Crippen LogP contribution in [0.3, 0.4) is 0 Å². The molecule has 0 amide bonds. The number of aromatic amines is 1. The summed E-state index contributed by atoms with van der Waals surface area (Å²) in [6.07, 6.45) is -2.72. The van der Waals surface area contributed by atoms with Crippen LogP contribution in [0.5, 0.6) is 0 Å². The molecule has 3 rings (SSSR count). The summed E-state index contributed by atoms with van der Waals surface area (Å²) in [5.41, 5.74) is 1.28. The number of rotatable bonds is 5. The van der Waals surface area contributed by atoms with Crippen molar-refractivity contribution in [1.29, 1.82) is 0 Å². The summed E-state index contributed by atoms with van der Waals surface area (Å²) in [4.78, 5) is 23.9. The predicted molar refractivity (Wildman–Crippen MR) is 109 cm³/mol. The standard InChI is InChI=1S/C21H27F3N4O/c1-14(2)7-8-18-15(3)25-20(26-19(18)29)28-11-9-27(10-12-28)17-6-4-5-16(13-17)21(22,23)24/h4-6,13-14H,7-12H2,1-3H3,(H,25,26,29). The van der Waals surface area contributed by atoms with Gasteiger partial charge in [-0.3, -0.25) is 9.78 Å². The van der Waals surface area contributed by atoms with Gasteiger partial charge < -0.3 is 9.80 Å². The minimum Gasteiger partial charge on any atom is -0.368 e. The van der Waals surface area contributed by atoms with Gasteiger partial charge in [0, 0.05) is 43.1 Å². The van der Waals surface area contributed by atoms with Crippen LogP contribution in [-0.2, 0) is 12.6 Å². The van der Waals surface area contributed by atoms with Gasteiger partial charge in [-0.05, 0) is 43.9 Å². The molecule has 1 aromatic heterocycles. The number of aromatic nitrogens is 2. The Kier molecular flexibility index (Phi) is 6.19. The van der Waals surface area contributed by atoms with Crippen LogP contribution < -0.4 is 15.4 Å². The van der Waals surface area contributed by atoms with Gasteiger partial charge in [-0.25, -0.2) is 4.98 Å². The van der Waals surface area contributed by atoms with Crippen LogP contribution in [0, 0.1) is 12.8 Å². The van der Waals surface area contributed by atoms with Crippen LogP contribution in [0.1, 0.15) is 37.1 Å². The zero-order valence-corrected chi connectivity index (χ0v) is 17.0. The highest BCUT2D eigenvalue weighted by Crippen LogP contribution is 2.32. The summed E-state index contributed by atoms with van der Waals surface area (Å²) in [7, 11) is 0. The Labute approximate surface area is 168 Å². The summed E-state index contributed by atoms with van der Waals surface area (Å²) < 4.78 is 38.9. The largest absolute Gasteiger partial charge is 0.416 e. The van der Waals surface area contributed by atoms with Gasteiger partial charge in [0.1, 0.15) is 0 Å². The van der Waals surface area contributed by atoms with Crippen molar-refractivity contribution in [3.63, 3.8) is 0 Å². The van der Waals surface area contributed by atoms with Crippen molar-refractivity contribution in [3.8, 4) is 0 Å². The van der Waals surface area contributed by atoms with Gasteiger partial charge in [-0.2, -0.15) is 13.2 Å². The lowest BCUT2D eigenvalue weighted by Crippen LogP contribution is -2.47. The minimum absolute atomic E-state index is 0.103. The molecule has 5 nitrogen and oxygen atoms in total. The first-order chi connectivity index (χ1) is 13.6. The predicted octanol–water partition coefficient (Wildman–Crippen LogP) is 4.01. The van der Waals surface area contributed by atoms with Crippen molar-refractivity contribution in [2.45, 2.75) is 39.8 Å². The molecule has 1 aromatic carbocycles. The highest BCUT2D eigenvalue weighted by Gasteiger charge is 2.31. The molecule has 1 aliphatic rings. The first-order valence-electron chi connectivity index (χ1n) is 9.92. The summed E-state index contributed by atoms with van der Waals surface area (Å²) in [6.45, 7) is 8.35. The fourth-order valence-corrected chi connectivity index (χ4v) is 3.53. The Morgan fingerprint density at radius 2 is 1.79 bits per heavy atom. The van der Waals surface area contributed by atoms with E-state index >= 15 is 0 Å². The average molecular weight is 408 g/mol. The first-order valence-corrected chi connectivity index (χ1v) is 9.92. The Bertz CT molecular complexity index is 900. The zero-order valence-electron chi connectivity index (χ0n) is 17.0. The van der Waals surface area contributed by atoms with Crippen LogP contribution in [0.4, 0.5) is 24.8 Å². The van der Waals surface area contributed by atoms with E-state index in [9.17, 15) is 18.0 Å². The van der Waals surface area contributed by atoms with E-state index in [4.69, 9.17) is 0 Å². The van der Waals surface area contributed by atoms with E-state index in [-0.39, 0.29) is 5.56 Å². The Hall–Kier alpha value is -2.51. The van der Waals surface area contributed by atoms with E-state index in [1.54, 1.807) is 6.07 Å². The van der Waals surface area contributed by atoms with Gasteiger partial charge in [0.15, 0.2) is 0 Å². The summed E-state index contributed by atoms with van der Waals surface area (Å²) in [5.74, 6) is 1.04. The van der Waals surface area contributed by atoms with E-state index < -0.39 is 11.7 Å². The minimum atomic E-state index is -4.35. The molecule has 0 unspecified atom stereocenters. The summed E-state index contributed by atoms with van der Waals surface area (Å²) in [6, 6.07) is 5.39. The number of hydrogen-bond donors (Lipinski definition) is 1. The highest BCUT2D eigenvalue weighted by molar-refractivity contribution is 5.51. The SMILES string of the molecule is Cc1nc(N2CCN(c3cccc(C(F)(F)F)c3)CC2)[nH]c(=O)c1CCC(C)C. The van der Waals surface area contributed by atoms with Crippen molar-refractivity contribution >= 4 is 11.6 Å². The molecule has 1 aliphatic heterocycles. The van der Waals surface area contributed by atoms with Crippen LogP contribution in [-0.4, -0.2) is 36.1 Å². The first kappa shape index (κ1) is 21.2. The van der Waals surface area contributed by atoms with Gasteiger partial charge in [-0.15, -0.1) is 0 Å². The molecule has 2 aromatic rings. The molecule has 1 fully saturated rings. The van der Waals surface area contributed by atoms with Gasteiger partial charge in [-0.1, -0.05) is 19.9 Å². The number of halogens is 3. The molecule has 0 saturated carbocycles. The number of alkyl halides is 3. The van der Waals surface area contributed by atoms with Gasteiger partial charge >= 0.3 is 6.18 Å². The molecule has 158 valence electrons. The molecule has 29 heavy (non-hydrogen) atoms. The maximum Gasteiger partial charge on any atom is 0.416 e. The van der Waals surface area contributed by atoms with Crippen molar-refractivity contribution in [1.82, 2.24) is 9.97 Å². The van der Waals surface area contributed by atoms with Crippen LogP contribution in [0.2, 0.25) is 0 Å². The highest BCUT2D eigenvalue weighted by atomic mass is 19.4. The molecule has 8 heteroatoms. The van der Waals surface area contributed by atoms with Crippen LogP contribution in [0.25, 0.3) is 0 Å². The van der Waals surface area contributed by atoms with Gasteiger partial charge in [0.05, 0.1) is 5.56 Å². The second-order valence-corrected chi connectivity index (χ2v) is 7.91. The third-order valence-electron chi connectivity index (χ3n) is 5.30. The van der Waals surface area contributed by atoms with E-state index in [0.717, 1.165) is 23.7 Å². The molecule has 1 N–H and O–H groups in total. The van der Waals surface area contributed by atoms with Crippen LogP contribution >= 0.6 is 0 Å². The monoisotopic (exact) mass is 408 g/mol. The van der Waals surface area contributed by atoms with E-state index in [0.29, 0.717) is 50.2 Å². The topological polar surface area (TPSA) is 52.2 Å². The molecule has 2 heterocycles. The van der Waals surface area contributed by atoms with E-state index in [1.165, 1.54) is 12.1 Å². The second-order valence-electron chi connectivity index (χ2n) is 7.91. The molecular formula is C21H27F3N4O. The second kappa shape index (κ2) is 8.47. The van der Waals surface area contributed by atoms with Crippen molar-refractivity contribution in [2.75, 3.05) is 36.0 Å². The lowest BCUT2D eigenvalue weighted by Gasteiger charge is -2.36. The molecule has 0 atom stereocenters. The smallest absolute Gasteiger partial charge is 0.368 e. The average Bonchev–Trinajstić information content (AvgIpc) is 2.66. The maximum absolute atomic E-state index is 13.0. The molecule has 0 aliphatic carbocycles. The number of H-pyrrole nitrogens is 1. The molecule has 0 spiro atoms. The third kappa shape index (κ3) is 5.10. The lowest BCUT2D eigenvalue weighted by molar-refractivity contribution is -0.137. The fraction of sp³-hybridized carbons (Fsp3) is 0.524. The Balaban J connectivity index is 1.69. The number of nitrogens with zero attached hydrogens (tertiary/aromatic N) is 3. The van der Waals surface area contributed by atoms with Gasteiger partial charge in [0.2, 0.25) is 5.95 Å². The zero-order chi connectivity index (χ0) is 21.2.